The van der Waals surface area contributed by atoms with Gasteiger partial charge in [0.25, 0.3) is 5.91 Å². The normalized spacial score (nSPS) is 18.9. The predicted molar refractivity (Wildman–Crippen MR) is 116 cm³/mol. The number of likely N-dealkylation sites (tertiary alicyclic amines) is 1. The van der Waals surface area contributed by atoms with Crippen LogP contribution in [0.2, 0.25) is 0 Å². The summed E-state index contributed by atoms with van der Waals surface area (Å²) in [5.41, 5.74) is 6.61. The van der Waals surface area contributed by atoms with Crippen molar-refractivity contribution in [3.8, 4) is 5.75 Å². The number of carbonyl (C=O) groups is 2. The third-order valence-corrected chi connectivity index (χ3v) is 6.09. The van der Waals surface area contributed by atoms with Gasteiger partial charge in [-0.05, 0) is 44.2 Å². The van der Waals surface area contributed by atoms with Gasteiger partial charge in [0.2, 0.25) is 17.7 Å². The van der Waals surface area contributed by atoms with E-state index < -0.39 is 0 Å². The van der Waals surface area contributed by atoms with Crippen molar-refractivity contribution >= 4 is 17.8 Å². The van der Waals surface area contributed by atoms with E-state index in [0.717, 1.165) is 56.6 Å². The van der Waals surface area contributed by atoms with Crippen LogP contribution in [-0.2, 0) is 11.3 Å². The molecule has 1 aromatic carbocycles. The molecule has 1 unspecified atom stereocenters. The summed E-state index contributed by atoms with van der Waals surface area (Å²) >= 11 is 0. The minimum atomic E-state index is -0.299. The maximum Gasteiger partial charge on any atom is 0.291 e. The number of carbonyl (C=O) groups excluding carboxylic acids is 2. The van der Waals surface area contributed by atoms with E-state index in [0.29, 0.717) is 31.5 Å². The van der Waals surface area contributed by atoms with Gasteiger partial charge in [0, 0.05) is 26.2 Å². The third-order valence-electron chi connectivity index (χ3n) is 6.09. The van der Waals surface area contributed by atoms with E-state index in [2.05, 4.69) is 10.2 Å². The smallest absolute Gasteiger partial charge is 0.291 e. The number of nitrogens with two attached hydrogens (primary N) is 1. The predicted octanol–water partition coefficient (Wildman–Crippen LogP) is 1.60. The lowest BCUT2D eigenvalue weighted by molar-refractivity contribution is -0.122. The van der Waals surface area contributed by atoms with E-state index in [1.807, 2.05) is 45.6 Å². The Kier molecular flexibility index (Phi) is 6.39. The summed E-state index contributed by atoms with van der Waals surface area (Å²) in [6.07, 6.45) is 3.64. The lowest BCUT2D eigenvalue weighted by Crippen LogP contribution is -2.42. The fourth-order valence-electron chi connectivity index (χ4n) is 4.31. The molecule has 0 bridgehead atoms. The number of amides is 2. The quantitative estimate of drug-likeness (QED) is 0.721. The molecular weight excluding hydrogens is 396 g/mol. The van der Waals surface area contributed by atoms with Crippen LogP contribution in [0, 0.1) is 12.8 Å². The Hall–Kier alpha value is -3.10. The molecule has 9 nitrogen and oxygen atoms in total. The number of aromatic nitrogens is 3. The zero-order chi connectivity index (χ0) is 21.8. The monoisotopic (exact) mass is 426 g/mol. The first-order chi connectivity index (χ1) is 15.0. The third kappa shape index (κ3) is 4.65. The Labute approximate surface area is 182 Å². The van der Waals surface area contributed by atoms with Crippen LogP contribution in [0.1, 0.15) is 41.9 Å². The van der Waals surface area contributed by atoms with Gasteiger partial charge < -0.3 is 20.3 Å². The highest BCUT2D eigenvalue weighted by molar-refractivity contribution is 5.91. The fourth-order valence-corrected chi connectivity index (χ4v) is 4.31. The molecule has 0 radical (unpaired) electrons. The van der Waals surface area contributed by atoms with Crippen LogP contribution in [0.3, 0.4) is 0 Å². The average molecular weight is 427 g/mol. The van der Waals surface area contributed by atoms with Crippen LogP contribution in [-0.4, -0.2) is 64.3 Å². The van der Waals surface area contributed by atoms with Gasteiger partial charge in [0.05, 0.1) is 12.5 Å². The van der Waals surface area contributed by atoms with Gasteiger partial charge in [0.15, 0.2) is 0 Å². The number of ether oxygens (including phenoxy) is 1. The number of benzene rings is 1. The number of anilines is 1. The topological polar surface area (TPSA) is 107 Å². The Morgan fingerprint density at radius 1 is 1.13 bits per heavy atom. The molecule has 166 valence electrons. The van der Waals surface area contributed by atoms with Crippen LogP contribution in [0.25, 0.3) is 0 Å². The second kappa shape index (κ2) is 9.36. The molecule has 1 atom stereocenters. The van der Waals surface area contributed by atoms with Gasteiger partial charge in [-0.2, -0.15) is 0 Å². The lowest BCUT2D eigenvalue weighted by Gasteiger charge is -2.32. The van der Waals surface area contributed by atoms with E-state index in [9.17, 15) is 9.59 Å². The number of hydrogen-bond donors (Lipinski definition) is 1. The van der Waals surface area contributed by atoms with Crippen LogP contribution in [0.5, 0.6) is 5.75 Å². The van der Waals surface area contributed by atoms with Gasteiger partial charge in [-0.15, -0.1) is 10.2 Å². The molecule has 1 aromatic heterocycles. The summed E-state index contributed by atoms with van der Waals surface area (Å²) in [6, 6.07) is 7.84. The number of nitrogens with zero attached hydrogens (tertiary/aromatic N) is 5. The van der Waals surface area contributed by atoms with Gasteiger partial charge in [-0.3, -0.25) is 14.2 Å². The highest BCUT2D eigenvalue weighted by Crippen LogP contribution is 2.24. The fraction of sp³-hybridized carbons (Fsp3) is 0.545. The van der Waals surface area contributed by atoms with Crippen LogP contribution in [0.4, 0.5) is 5.95 Å². The van der Waals surface area contributed by atoms with E-state index >= 15 is 0 Å². The molecule has 2 N–H and O–H groups in total. The van der Waals surface area contributed by atoms with E-state index in [1.165, 1.54) is 0 Å². The molecule has 2 fully saturated rings. The summed E-state index contributed by atoms with van der Waals surface area (Å²) in [6.45, 7) is 5.54. The molecule has 4 rings (SSSR count). The largest absolute Gasteiger partial charge is 0.491 e. The molecule has 2 aliphatic heterocycles. The minimum absolute atomic E-state index is 0.101. The maximum absolute atomic E-state index is 13.1. The van der Waals surface area contributed by atoms with Crippen molar-refractivity contribution in [1.29, 1.82) is 0 Å². The zero-order valence-corrected chi connectivity index (χ0v) is 18.0. The summed E-state index contributed by atoms with van der Waals surface area (Å²) in [5, 5.41) is 8.61. The molecule has 0 spiro atoms. The number of primary amides is 1. The van der Waals surface area contributed by atoms with Crippen molar-refractivity contribution in [2.75, 3.05) is 37.7 Å². The van der Waals surface area contributed by atoms with Crippen molar-refractivity contribution in [2.45, 2.75) is 39.2 Å². The van der Waals surface area contributed by atoms with E-state index in [1.54, 1.807) is 0 Å². The van der Waals surface area contributed by atoms with Crippen molar-refractivity contribution in [3.63, 3.8) is 0 Å². The standard InChI is InChI=1S/C22H30N6O3/c1-16-7-2-3-9-18(16)31-14-13-28-20(21(30)26-10-4-5-11-26)24-25-22(28)27-12-6-8-17(15-27)19(23)29/h2-3,7,9,17H,4-6,8,10-15H2,1H3,(H2,23,29). The minimum Gasteiger partial charge on any atom is -0.491 e. The van der Waals surface area contributed by atoms with Crippen LogP contribution >= 0.6 is 0 Å². The Morgan fingerprint density at radius 3 is 2.65 bits per heavy atom. The zero-order valence-electron chi connectivity index (χ0n) is 18.0. The molecule has 2 amide bonds. The maximum atomic E-state index is 13.1. The lowest BCUT2D eigenvalue weighted by atomic mass is 9.98. The summed E-state index contributed by atoms with van der Waals surface area (Å²) in [7, 11) is 0. The van der Waals surface area contributed by atoms with Crippen molar-refractivity contribution in [1.82, 2.24) is 19.7 Å². The number of para-hydroxylation sites is 1. The molecule has 0 saturated carbocycles. The number of piperidine rings is 1. The van der Waals surface area contributed by atoms with Crippen LogP contribution in [0.15, 0.2) is 24.3 Å². The van der Waals surface area contributed by atoms with Crippen LogP contribution < -0.4 is 15.4 Å². The van der Waals surface area contributed by atoms with Crippen molar-refractivity contribution < 1.29 is 14.3 Å². The molecule has 2 aliphatic rings. The van der Waals surface area contributed by atoms with Crippen molar-refractivity contribution in [2.24, 2.45) is 11.7 Å². The number of rotatable bonds is 7. The van der Waals surface area contributed by atoms with Gasteiger partial charge in [-0.25, -0.2) is 0 Å². The average Bonchev–Trinajstić information content (AvgIpc) is 3.45. The highest BCUT2D eigenvalue weighted by atomic mass is 16.5. The van der Waals surface area contributed by atoms with E-state index in [4.69, 9.17) is 10.5 Å². The van der Waals surface area contributed by atoms with Gasteiger partial charge in [0.1, 0.15) is 12.4 Å². The molecule has 9 heteroatoms. The second-order valence-corrected chi connectivity index (χ2v) is 8.28. The molecule has 3 heterocycles. The van der Waals surface area contributed by atoms with Gasteiger partial charge >= 0.3 is 0 Å². The number of hydrogen-bond acceptors (Lipinski definition) is 6. The van der Waals surface area contributed by atoms with E-state index in [-0.39, 0.29) is 17.7 Å². The molecule has 2 saturated heterocycles. The molecule has 2 aromatic rings. The Bertz CT molecular complexity index is 937. The SMILES string of the molecule is Cc1ccccc1OCCn1c(C(=O)N2CCCC2)nnc1N1CCCC(C(N)=O)C1. The molecule has 31 heavy (non-hydrogen) atoms. The molecule has 0 aliphatic carbocycles. The first-order valence-electron chi connectivity index (χ1n) is 11.0. The Balaban J connectivity index is 1.56. The summed E-state index contributed by atoms with van der Waals surface area (Å²) < 4.78 is 7.81. The summed E-state index contributed by atoms with van der Waals surface area (Å²) in [5.74, 6) is 1.12. The second-order valence-electron chi connectivity index (χ2n) is 8.28. The number of aryl methyl sites for hydroxylation is 1. The Morgan fingerprint density at radius 2 is 1.90 bits per heavy atom. The van der Waals surface area contributed by atoms with Gasteiger partial charge in [-0.1, -0.05) is 18.2 Å². The highest BCUT2D eigenvalue weighted by Gasteiger charge is 2.31. The molecular formula is C22H30N6O3. The summed E-state index contributed by atoms with van der Waals surface area (Å²) in [4.78, 5) is 28.7. The first kappa shape index (κ1) is 21.1. The van der Waals surface area contributed by atoms with Crippen molar-refractivity contribution in [3.05, 3.63) is 35.7 Å². The first-order valence-corrected chi connectivity index (χ1v) is 11.0.